The molecule has 2 heterocycles. The third-order valence-corrected chi connectivity index (χ3v) is 3.45. The molecule has 21 heavy (non-hydrogen) atoms. The normalized spacial score (nSPS) is 12.6. The summed E-state index contributed by atoms with van der Waals surface area (Å²) >= 11 is 0. The lowest BCUT2D eigenvalue weighted by atomic mass is 10.1. The highest BCUT2D eigenvalue weighted by molar-refractivity contribution is 5.53. The van der Waals surface area contributed by atoms with E-state index in [1.54, 1.807) is 0 Å². The molecule has 0 spiro atoms. The molecule has 1 unspecified atom stereocenters. The van der Waals surface area contributed by atoms with Crippen LogP contribution in [0.15, 0.2) is 16.8 Å². The first-order chi connectivity index (χ1) is 10.1. The Morgan fingerprint density at radius 2 is 2.10 bits per heavy atom. The number of likely N-dealkylation sites (N-methyl/N-ethyl adjacent to an activating group) is 1. The molecule has 0 aliphatic carbocycles. The highest BCUT2D eigenvalue weighted by Crippen LogP contribution is 2.19. The van der Waals surface area contributed by atoms with Crippen molar-refractivity contribution in [3.8, 4) is 11.5 Å². The van der Waals surface area contributed by atoms with Crippen molar-refractivity contribution in [3.63, 3.8) is 0 Å². The largest absolute Gasteiger partial charge is 0.339 e. The fourth-order valence-corrected chi connectivity index (χ4v) is 2.51. The van der Waals surface area contributed by atoms with E-state index in [9.17, 15) is 0 Å². The number of hydrogen-bond donors (Lipinski definition) is 1. The molecule has 5 heteroatoms. The number of pyridine rings is 1. The zero-order valence-corrected chi connectivity index (χ0v) is 13.3. The Balaban J connectivity index is 2.13. The van der Waals surface area contributed by atoms with Gasteiger partial charge in [-0.05, 0) is 37.9 Å². The van der Waals surface area contributed by atoms with E-state index in [-0.39, 0.29) is 0 Å². The van der Waals surface area contributed by atoms with Gasteiger partial charge < -0.3 is 9.84 Å². The summed E-state index contributed by atoms with van der Waals surface area (Å²) in [5, 5.41) is 7.53. The van der Waals surface area contributed by atoms with Gasteiger partial charge in [-0.3, -0.25) is 4.98 Å². The molecule has 0 aromatic carbocycles. The molecule has 0 aliphatic heterocycles. The Labute approximate surface area is 126 Å². The Bertz CT molecular complexity index is 573. The van der Waals surface area contributed by atoms with Crippen LogP contribution in [0.3, 0.4) is 0 Å². The van der Waals surface area contributed by atoms with Gasteiger partial charge in [0.05, 0.1) is 0 Å². The molecule has 0 fully saturated rings. The first-order valence-corrected chi connectivity index (χ1v) is 7.63. The number of rotatable bonds is 7. The lowest BCUT2D eigenvalue weighted by molar-refractivity contribution is 0.352. The smallest absolute Gasteiger partial charge is 0.228 e. The molecule has 1 atom stereocenters. The lowest BCUT2D eigenvalue weighted by Gasteiger charge is -2.14. The first-order valence-electron chi connectivity index (χ1n) is 7.63. The van der Waals surface area contributed by atoms with E-state index in [1.165, 1.54) is 0 Å². The van der Waals surface area contributed by atoms with Gasteiger partial charge in [0.15, 0.2) is 0 Å². The molecule has 2 aromatic heterocycles. The molecule has 0 radical (unpaired) electrons. The minimum Gasteiger partial charge on any atom is -0.339 e. The van der Waals surface area contributed by atoms with Crippen molar-refractivity contribution >= 4 is 0 Å². The Kier molecular flexibility index (Phi) is 5.44. The van der Waals surface area contributed by atoms with E-state index in [4.69, 9.17) is 4.52 Å². The average molecular weight is 288 g/mol. The number of aromatic nitrogens is 3. The fourth-order valence-electron chi connectivity index (χ4n) is 2.51. The van der Waals surface area contributed by atoms with Gasteiger partial charge in [0.25, 0.3) is 0 Å². The van der Waals surface area contributed by atoms with Crippen molar-refractivity contribution in [2.75, 3.05) is 6.54 Å². The van der Waals surface area contributed by atoms with Crippen molar-refractivity contribution in [3.05, 3.63) is 29.3 Å². The van der Waals surface area contributed by atoms with Crippen LogP contribution in [0.5, 0.6) is 0 Å². The van der Waals surface area contributed by atoms with Crippen LogP contribution in [0.2, 0.25) is 0 Å². The van der Waals surface area contributed by atoms with Gasteiger partial charge in [0.1, 0.15) is 5.69 Å². The molecule has 0 aliphatic rings. The van der Waals surface area contributed by atoms with Crippen molar-refractivity contribution in [2.45, 2.75) is 53.0 Å². The van der Waals surface area contributed by atoms with Gasteiger partial charge in [0, 0.05) is 18.7 Å². The number of aryl methyl sites for hydroxylation is 2. The summed E-state index contributed by atoms with van der Waals surface area (Å²) in [5.74, 6) is 1.25. The third-order valence-electron chi connectivity index (χ3n) is 3.45. The van der Waals surface area contributed by atoms with E-state index >= 15 is 0 Å². The van der Waals surface area contributed by atoms with Gasteiger partial charge in [-0.1, -0.05) is 31.5 Å². The maximum absolute atomic E-state index is 5.39. The first kappa shape index (κ1) is 15.6. The van der Waals surface area contributed by atoms with Crippen LogP contribution in [0.1, 0.15) is 43.7 Å². The summed E-state index contributed by atoms with van der Waals surface area (Å²) in [4.78, 5) is 8.91. The molecular weight excluding hydrogens is 264 g/mol. The van der Waals surface area contributed by atoms with Crippen LogP contribution in [-0.4, -0.2) is 27.7 Å². The summed E-state index contributed by atoms with van der Waals surface area (Å²) in [6.07, 6.45) is 4.83. The van der Waals surface area contributed by atoms with Crippen LogP contribution >= 0.6 is 0 Å². The van der Waals surface area contributed by atoms with Gasteiger partial charge in [-0.15, -0.1) is 0 Å². The Hall–Kier alpha value is -1.75. The van der Waals surface area contributed by atoms with E-state index in [1.807, 2.05) is 20.0 Å². The summed E-state index contributed by atoms with van der Waals surface area (Å²) < 4.78 is 5.39. The minimum absolute atomic E-state index is 0.389. The summed E-state index contributed by atoms with van der Waals surface area (Å²) in [5.41, 5.74) is 3.00. The van der Waals surface area contributed by atoms with Crippen molar-refractivity contribution in [1.82, 2.24) is 20.4 Å². The predicted molar refractivity (Wildman–Crippen MR) is 83.1 cm³/mol. The van der Waals surface area contributed by atoms with Crippen LogP contribution in [-0.2, 0) is 6.42 Å². The number of nitrogens with one attached hydrogen (secondary N) is 1. The molecule has 0 bridgehead atoms. The van der Waals surface area contributed by atoms with Crippen molar-refractivity contribution in [1.29, 1.82) is 0 Å². The predicted octanol–water partition coefficient (Wildman–Crippen LogP) is 3.07. The van der Waals surface area contributed by atoms with Crippen LogP contribution in [0.4, 0.5) is 0 Å². The summed E-state index contributed by atoms with van der Waals surface area (Å²) in [6, 6.07) is 2.47. The van der Waals surface area contributed by atoms with Crippen LogP contribution in [0, 0.1) is 13.8 Å². The third kappa shape index (κ3) is 4.11. The Morgan fingerprint density at radius 1 is 1.29 bits per heavy atom. The van der Waals surface area contributed by atoms with E-state index < -0.39 is 0 Å². The zero-order valence-electron chi connectivity index (χ0n) is 13.3. The molecular formula is C16H24N4O. The standard InChI is InChI=1S/C16H24N4O/c1-5-7-13(17-6-2)9-14-19-16(20-21-14)15-12(4)8-11(3)10-18-15/h8,10,13,17H,5-7,9H2,1-4H3. The molecule has 0 amide bonds. The second kappa shape index (κ2) is 7.31. The van der Waals surface area contributed by atoms with Gasteiger partial charge >= 0.3 is 0 Å². The summed E-state index contributed by atoms with van der Waals surface area (Å²) in [6.45, 7) is 9.29. The number of nitrogens with zero attached hydrogens (tertiary/aromatic N) is 3. The molecule has 5 nitrogen and oxygen atoms in total. The second-order valence-electron chi connectivity index (χ2n) is 5.44. The van der Waals surface area contributed by atoms with Gasteiger partial charge in [-0.25, -0.2) is 0 Å². The molecule has 0 saturated heterocycles. The highest BCUT2D eigenvalue weighted by atomic mass is 16.5. The SMILES string of the molecule is CCCC(Cc1nc(-c2ncc(C)cc2C)no1)NCC. The molecule has 114 valence electrons. The van der Waals surface area contributed by atoms with Crippen LogP contribution in [0.25, 0.3) is 11.5 Å². The van der Waals surface area contributed by atoms with E-state index in [2.05, 4.69) is 40.4 Å². The molecule has 2 aromatic rings. The van der Waals surface area contributed by atoms with E-state index in [0.29, 0.717) is 17.8 Å². The quantitative estimate of drug-likeness (QED) is 0.848. The fraction of sp³-hybridized carbons (Fsp3) is 0.562. The lowest BCUT2D eigenvalue weighted by Crippen LogP contribution is -2.30. The average Bonchev–Trinajstić information content (AvgIpc) is 2.87. The second-order valence-corrected chi connectivity index (χ2v) is 5.44. The molecule has 1 N–H and O–H groups in total. The number of hydrogen-bond acceptors (Lipinski definition) is 5. The van der Waals surface area contributed by atoms with E-state index in [0.717, 1.165) is 42.6 Å². The van der Waals surface area contributed by atoms with Gasteiger partial charge in [-0.2, -0.15) is 4.98 Å². The molecule has 0 saturated carbocycles. The zero-order chi connectivity index (χ0) is 15.2. The monoisotopic (exact) mass is 288 g/mol. The van der Waals surface area contributed by atoms with Crippen molar-refractivity contribution in [2.24, 2.45) is 0 Å². The minimum atomic E-state index is 0.389. The topological polar surface area (TPSA) is 63.8 Å². The van der Waals surface area contributed by atoms with Gasteiger partial charge in [0.2, 0.25) is 11.7 Å². The maximum atomic E-state index is 5.39. The molecule has 2 rings (SSSR count). The van der Waals surface area contributed by atoms with Crippen molar-refractivity contribution < 1.29 is 4.52 Å². The maximum Gasteiger partial charge on any atom is 0.228 e. The summed E-state index contributed by atoms with van der Waals surface area (Å²) in [7, 11) is 0. The highest BCUT2D eigenvalue weighted by Gasteiger charge is 2.16. The van der Waals surface area contributed by atoms with Crippen LogP contribution < -0.4 is 5.32 Å². The Morgan fingerprint density at radius 3 is 2.76 bits per heavy atom.